The van der Waals surface area contributed by atoms with E-state index in [0.29, 0.717) is 23.7 Å². The Labute approximate surface area is 225 Å². The van der Waals surface area contributed by atoms with E-state index in [4.69, 9.17) is 16.3 Å². The number of rotatable bonds is 11. The Hall–Kier alpha value is -2.39. The number of piperidine rings is 1. The molecule has 0 amide bonds. The lowest BCUT2D eigenvalue weighted by Crippen LogP contribution is -2.42. The van der Waals surface area contributed by atoms with Crippen LogP contribution < -0.4 is 4.74 Å². The predicted molar refractivity (Wildman–Crippen MR) is 145 cm³/mol. The van der Waals surface area contributed by atoms with Gasteiger partial charge in [0, 0.05) is 46.8 Å². The van der Waals surface area contributed by atoms with Crippen molar-refractivity contribution < 1.29 is 24.1 Å². The van der Waals surface area contributed by atoms with Crippen LogP contribution in [0.2, 0.25) is 5.02 Å². The minimum absolute atomic E-state index is 0.0151. The monoisotopic (exact) mass is 546 g/mol. The normalized spacial score (nSPS) is 19.1. The van der Waals surface area contributed by atoms with E-state index in [0.717, 1.165) is 53.0 Å². The number of likely N-dealkylation sites (tertiary alicyclic amines) is 1. The summed E-state index contributed by atoms with van der Waals surface area (Å²) < 4.78 is 18.9. The maximum absolute atomic E-state index is 13.6. The number of fused-ring (bicyclic) bond motifs is 1. The van der Waals surface area contributed by atoms with E-state index in [1.807, 2.05) is 24.3 Å². The zero-order chi connectivity index (χ0) is 26.4. The van der Waals surface area contributed by atoms with Crippen LogP contribution in [0.25, 0.3) is 10.9 Å². The summed E-state index contributed by atoms with van der Waals surface area (Å²) in [5.41, 5.74) is 1.61. The Morgan fingerprint density at radius 1 is 1.27 bits per heavy atom. The summed E-state index contributed by atoms with van der Waals surface area (Å²) in [6.07, 6.45) is 3.32. The second-order valence-corrected chi connectivity index (χ2v) is 11.1. The van der Waals surface area contributed by atoms with Gasteiger partial charge in [-0.2, -0.15) is 0 Å². The van der Waals surface area contributed by atoms with Gasteiger partial charge in [-0.25, -0.2) is 4.39 Å². The molecule has 37 heavy (non-hydrogen) atoms. The van der Waals surface area contributed by atoms with Crippen molar-refractivity contribution in [2.45, 2.75) is 36.7 Å². The van der Waals surface area contributed by atoms with Gasteiger partial charge < -0.3 is 19.8 Å². The fourth-order valence-corrected chi connectivity index (χ4v) is 6.47. The molecule has 1 fully saturated rings. The third-order valence-corrected chi connectivity index (χ3v) is 8.25. The second kappa shape index (κ2) is 12.9. The molecule has 198 valence electrons. The topological polar surface area (TPSA) is 82.9 Å². The van der Waals surface area contributed by atoms with Gasteiger partial charge in [0.25, 0.3) is 0 Å². The Morgan fingerprint density at radius 3 is 2.86 bits per heavy atom. The number of thioether (sulfide) groups is 1. The number of nitrogens with zero attached hydrogens (tertiary/aromatic N) is 2. The van der Waals surface area contributed by atoms with Crippen LogP contribution >= 0.6 is 23.4 Å². The summed E-state index contributed by atoms with van der Waals surface area (Å²) in [5.74, 6) is 0.565. The van der Waals surface area contributed by atoms with Crippen LogP contribution in [-0.2, 0) is 4.79 Å². The summed E-state index contributed by atoms with van der Waals surface area (Å²) in [7, 11) is 1.61. The van der Waals surface area contributed by atoms with Crippen molar-refractivity contribution in [2.75, 3.05) is 32.5 Å². The molecule has 1 aromatic heterocycles. The number of methoxy groups -OCH3 is 1. The summed E-state index contributed by atoms with van der Waals surface area (Å²) in [6, 6.07) is 12.0. The molecule has 0 aliphatic carbocycles. The zero-order valence-corrected chi connectivity index (χ0v) is 22.3. The van der Waals surface area contributed by atoms with Crippen molar-refractivity contribution in [1.82, 2.24) is 9.88 Å². The van der Waals surface area contributed by atoms with Gasteiger partial charge in [-0.3, -0.25) is 9.78 Å². The molecule has 1 saturated heterocycles. The highest BCUT2D eigenvalue weighted by Gasteiger charge is 2.31. The van der Waals surface area contributed by atoms with E-state index >= 15 is 0 Å². The molecule has 0 saturated carbocycles. The van der Waals surface area contributed by atoms with Crippen molar-refractivity contribution >= 4 is 40.2 Å². The third-order valence-electron chi connectivity index (χ3n) is 7.08. The summed E-state index contributed by atoms with van der Waals surface area (Å²) >= 11 is 7.49. The van der Waals surface area contributed by atoms with Gasteiger partial charge in [-0.15, -0.1) is 11.8 Å². The van der Waals surface area contributed by atoms with E-state index in [9.17, 15) is 19.4 Å². The summed E-state index contributed by atoms with van der Waals surface area (Å²) in [6.45, 7) is 2.36. The lowest BCUT2D eigenvalue weighted by molar-refractivity contribution is -0.139. The number of halogens is 2. The number of aliphatic hydroxyl groups excluding tert-OH is 1. The Bertz CT molecular complexity index is 1210. The maximum atomic E-state index is 13.6. The number of pyridine rings is 1. The van der Waals surface area contributed by atoms with Crippen molar-refractivity contribution in [3.05, 3.63) is 65.1 Å². The number of ether oxygens (including phenoxy) is 1. The quantitative estimate of drug-likeness (QED) is 0.283. The van der Waals surface area contributed by atoms with Gasteiger partial charge in [-0.05, 0) is 85.7 Å². The standard InChI is InChI=1S/C28H32ClFN2O4S/c1-36-22-3-4-26-25(16-22)24(6-8-31-26)27(33)5-2-18-7-9-32(17-19(18)12-28(34)35)10-11-37-23-14-20(29)13-21(30)15-23/h3-4,6,8,13-16,18-19,27,33H,2,5,7,9-12,17H2,1H3,(H,34,35)/t18-,19+,27?/m1/s1. The van der Waals surface area contributed by atoms with Crippen LogP contribution in [0.1, 0.15) is 37.4 Å². The minimum atomic E-state index is -0.798. The number of benzene rings is 2. The van der Waals surface area contributed by atoms with Gasteiger partial charge in [0.1, 0.15) is 11.6 Å². The highest BCUT2D eigenvalue weighted by Crippen LogP contribution is 2.35. The molecule has 1 aliphatic heterocycles. The molecule has 1 aliphatic rings. The van der Waals surface area contributed by atoms with Crippen LogP contribution in [0.15, 0.2) is 53.6 Å². The number of aromatic nitrogens is 1. The molecule has 3 aromatic rings. The zero-order valence-electron chi connectivity index (χ0n) is 20.8. The number of hydrogen-bond donors (Lipinski definition) is 2. The first-order chi connectivity index (χ1) is 17.8. The number of hydrogen-bond acceptors (Lipinski definition) is 6. The van der Waals surface area contributed by atoms with Crippen LogP contribution in [0.3, 0.4) is 0 Å². The van der Waals surface area contributed by atoms with Crippen molar-refractivity contribution in [3.63, 3.8) is 0 Å². The van der Waals surface area contributed by atoms with Gasteiger partial charge >= 0.3 is 5.97 Å². The molecule has 2 N–H and O–H groups in total. The smallest absolute Gasteiger partial charge is 0.303 e. The number of aliphatic carboxylic acids is 1. The Morgan fingerprint density at radius 2 is 2.11 bits per heavy atom. The maximum Gasteiger partial charge on any atom is 0.303 e. The predicted octanol–water partition coefficient (Wildman–Crippen LogP) is 6.05. The highest BCUT2D eigenvalue weighted by molar-refractivity contribution is 7.99. The first kappa shape index (κ1) is 27.6. The van der Waals surface area contributed by atoms with Crippen LogP contribution in [0.4, 0.5) is 4.39 Å². The lowest BCUT2D eigenvalue weighted by Gasteiger charge is -2.38. The van der Waals surface area contributed by atoms with E-state index in [1.165, 1.54) is 12.1 Å². The van der Waals surface area contributed by atoms with Crippen LogP contribution in [-0.4, -0.2) is 58.6 Å². The fourth-order valence-electron chi connectivity index (χ4n) is 5.19. The number of carboxylic acids is 1. The third kappa shape index (κ3) is 7.57. The molecule has 1 unspecified atom stereocenters. The molecular formula is C28H32ClFN2O4S. The average Bonchev–Trinajstić information content (AvgIpc) is 2.86. The molecule has 2 aromatic carbocycles. The highest BCUT2D eigenvalue weighted by atomic mass is 35.5. The van der Waals surface area contributed by atoms with Gasteiger partial charge in [-0.1, -0.05) is 11.6 Å². The summed E-state index contributed by atoms with van der Waals surface area (Å²) in [5, 5.41) is 21.8. The molecular weight excluding hydrogens is 515 g/mol. The van der Waals surface area contributed by atoms with Crippen LogP contribution in [0, 0.1) is 17.7 Å². The lowest BCUT2D eigenvalue weighted by atomic mass is 9.79. The number of carbonyl (C=O) groups is 1. The van der Waals surface area contributed by atoms with E-state index in [2.05, 4.69) is 9.88 Å². The first-order valence-corrected chi connectivity index (χ1v) is 13.8. The van der Waals surface area contributed by atoms with Crippen molar-refractivity contribution in [2.24, 2.45) is 11.8 Å². The van der Waals surface area contributed by atoms with Gasteiger partial charge in [0.05, 0.1) is 18.7 Å². The summed E-state index contributed by atoms with van der Waals surface area (Å²) in [4.78, 5) is 19.1. The molecule has 0 spiro atoms. The molecule has 0 bridgehead atoms. The molecule has 6 nitrogen and oxygen atoms in total. The van der Waals surface area contributed by atoms with Gasteiger partial charge in [0.2, 0.25) is 0 Å². The van der Waals surface area contributed by atoms with Crippen molar-refractivity contribution in [1.29, 1.82) is 0 Å². The molecule has 9 heteroatoms. The molecule has 2 heterocycles. The fraction of sp³-hybridized carbons (Fsp3) is 0.429. The van der Waals surface area contributed by atoms with Gasteiger partial charge in [0.15, 0.2) is 0 Å². The van der Waals surface area contributed by atoms with E-state index in [1.54, 1.807) is 31.1 Å². The largest absolute Gasteiger partial charge is 0.497 e. The molecule has 4 rings (SSSR count). The van der Waals surface area contributed by atoms with Crippen LogP contribution in [0.5, 0.6) is 5.75 Å². The van der Waals surface area contributed by atoms with E-state index < -0.39 is 12.1 Å². The minimum Gasteiger partial charge on any atom is -0.497 e. The Balaban J connectivity index is 1.34. The first-order valence-electron chi connectivity index (χ1n) is 12.5. The number of carboxylic acid groups (broad SMARTS) is 1. The molecule has 0 radical (unpaired) electrons. The Kier molecular flexibility index (Phi) is 9.65. The van der Waals surface area contributed by atoms with E-state index in [-0.39, 0.29) is 24.1 Å². The van der Waals surface area contributed by atoms with Crippen molar-refractivity contribution in [3.8, 4) is 5.75 Å². The second-order valence-electron chi connectivity index (χ2n) is 9.54. The SMILES string of the molecule is COc1ccc2nccc(C(O)CC[C@@H]3CCN(CCSc4cc(F)cc(Cl)c4)C[C@@H]3CC(=O)O)c2c1. The number of aliphatic hydroxyl groups is 1. The average molecular weight is 547 g/mol. The molecule has 3 atom stereocenters.